The van der Waals surface area contributed by atoms with Crippen LogP contribution >= 0.6 is 35.0 Å². The van der Waals surface area contributed by atoms with Crippen molar-refractivity contribution in [2.24, 2.45) is 4.99 Å². The first-order chi connectivity index (χ1) is 12.7. The molecule has 1 N–H and O–H groups in total. The lowest BCUT2D eigenvalue weighted by Gasteiger charge is -2.26. The molecule has 8 nitrogen and oxygen atoms in total. The van der Waals surface area contributed by atoms with Gasteiger partial charge < -0.3 is 14.7 Å². The van der Waals surface area contributed by atoms with Crippen LogP contribution in [0.4, 0.5) is 5.69 Å². The molecular weight excluding hydrogens is 439 g/mol. The number of sulfone groups is 1. The van der Waals surface area contributed by atoms with Crippen molar-refractivity contribution < 1.29 is 27.9 Å². The number of para-hydroxylation sites is 1. The van der Waals surface area contributed by atoms with E-state index in [4.69, 9.17) is 33.0 Å². The summed E-state index contributed by atoms with van der Waals surface area (Å²) in [5.74, 6) is -2.02. The monoisotopic (exact) mass is 452 g/mol. The smallest absolute Gasteiger partial charge is 0.329 e. The number of hydrogen-bond acceptors (Lipinski definition) is 6. The van der Waals surface area contributed by atoms with Crippen molar-refractivity contribution in [2.45, 2.75) is 11.3 Å². The number of benzene rings is 1. The third kappa shape index (κ3) is 4.57. The number of carbonyl (C=O) groups is 2. The Morgan fingerprint density at radius 3 is 2.56 bits per heavy atom. The van der Waals surface area contributed by atoms with Gasteiger partial charge in [0.05, 0.1) is 33.3 Å². The van der Waals surface area contributed by atoms with Crippen molar-refractivity contribution >= 4 is 67.5 Å². The molecule has 0 unspecified atom stereocenters. The van der Waals surface area contributed by atoms with Gasteiger partial charge in [-0.15, -0.1) is 0 Å². The van der Waals surface area contributed by atoms with E-state index in [1.54, 1.807) is 23.1 Å². The zero-order valence-electron chi connectivity index (χ0n) is 13.7. The Hall–Kier alpha value is -1.33. The Morgan fingerprint density at radius 1 is 1.26 bits per heavy atom. The van der Waals surface area contributed by atoms with Gasteiger partial charge in [0, 0.05) is 5.25 Å². The van der Waals surface area contributed by atoms with E-state index in [-0.39, 0.29) is 21.9 Å². The van der Waals surface area contributed by atoms with Crippen molar-refractivity contribution in [3.05, 3.63) is 28.2 Å². The van der Waals surface area contributed by atoms with Crippen molar-refractivity contribution in [3.63, 3.8) is 0 Å². The van der Waals surface area contributed by atoms with Crippen LogP contribution in [0.3, 0.4) is 0 Å². The summed E-state index contributed by atoms with van der Waals surface area (Å²) in [6, 6.07) is 4.42. The molecular formula is C15H14Cl2N2O6S2. The molecule has 0 spiro atoms. The molecule has 0 saturated carbocycles. The van der Waals surface area contributed by atoms with Gasteiger partial charge in [-0.25, -0.2) is 13.2 Å². The fourth-order valence-electron chi connectivity index (χ4n) is 2.91. The number of aliphatic carboxylic acids is 1. The fourth-order valence-corrected chi connectivity index (χ4v) is 7.41. The number of amides is 1. The highest BCUT2D eigenvalue weighted by atomic mass is 35.5. The van der Waals surface area contributed by atoms with Gasteiger partial charge in [-0.2, -0.15) is 4.99 Å². The molecule has 1 amide bonds. The van der Waals surface area contributed by atoms with Crippen LogP contribution in [-0.4, -0.2) is 66.6 Å². The van der Waals surface area contributed by atoms with E-state index in [0.29, 0.717) is 15.7 Å². The molecule has 12 heteroatoms. The van der Waals surface area contributed by atoms with E-state index < -0.39 is 41.0 Å². The van der Waals surface area contributed by atoms with E-state index in [2.05, 4.69) is 4.99 Å². The van der Waals surface area contributed by atoms with Crippen LogP contribution in [0.5, 0.6) is 0 Å². The third-order valence-electron chi connectivity index (χ3n) is 3.92. The second kappa shape index (κ2) is 7.96. The topological polar surface area (TPSA) is 113 Å². The van der Waals surface area contributed by atoms with Crippen LogP contribution < -0.4 is 4.90 Å². The third-order valence-corrected chi connectivity index (χ3v) is 7.74. The summed E-state index contributed by atoms with van der Waals surface area (Å²) in [5, 5.41) is 9.10. The summed E-state index contributed by atoms with van der Waals surface area (Å²) in [5.41, 5.74) is 0.385. The van der Waals surface area contributed by atoms with Crippen LogP contribution in [0.25, 0.3) is 0 Å². The molecule has 1 aromatic carbocycles. The Labute approximate surface area is 169 Å². The molecule has 2 aliphatic heterocycles. The van der Waals surface area contributed by atoms with Gasteiger partial charge >= 0.3 is 5.97 Å². The minimum Gasteiger partial charge on any atom is -0.480 e. The average molecular weight is 453 g/mol. The van der Waals surface area contributed by atoms with Crippen molar-refractivity contribution in [1.29, 1.82) is 0 Å². The largest absolute Gasteiger partial charge is 0.480 e. The lowest BCUT2D eigenvalue weighted by molar-refractivity contribution is -0.143. The number of hydrogen-bond donors (Lipinski definition) is 1. The van der Waals surface area contributed by atoms with Gasteiger partial charge in [-0.05, 0) is 12.1 Å². The number of amidine groups is 1. The molecule has 0 aliphatic carbocycles. The summed E-state index contributed by atoms with van der Waals surface area (Å²) in [6.45, 7) is -1.12. The van der Waals surface area contributed by atoms with Gasteiger partial charge in [-0.1, -0.05) is 41.0 Å². The highest BCUT2D eigenvalue weighted by Crippen LogP contribution is 2.45. The molecule has 27 heavy (non-hydrogen) atoms. The first-order valence-corrected chi connectivity index (χ1v) is 11.1. The second-order valence-corrected chi connectivity index (χ2v) is 10.1. The maximum Gasteiger partial charge on any atom is 0.329 e. The predicted molar refractivity (Wildman–Crippen MR) is 104 cm³/mol. The fraction of sp³-hybridized carbons (Fsp3) is 0.400. The standard InChI is InChI=1S/C15H14Cl2N2O6S2/c16-8-2-1-3-9(17)14(8)19-10-6-27(23,24)7-11(10)26-15(19)18-12(20)4-25-5-13(21)22/h1-3,10-11H,4-7H2,(H,21,22)/t10-,11-/m0/s1. The van der Waals surface area contributed by atoms with E-state index in [1.165, 1.54) is 0 Å². The summed E-state index contributed by atoms with van der Waals surface area (Å²) < 4.78 is 28.8. The highest BCUT2D eigenvalue weighted by Gasteiger charge is 2.50. The quantitative estimate of drug-likeness (QED) is 0.717. The number of fused-ring (bicyclic) bond motifs is 1. The normalized spacial score (nSPS) is 25.0. The second-order valence-electron chi connectivity index (χ2n) is 5.92. The number of rotatable bonds is 5. The summed E-state index contributed by atoms with van der Waals surface area (Å²) in [4.78, 5) is 28.1. The summed E-state index contributed by atoms with van der Waals surface area (Å²) in [6.07, 6.45) is 0. The maximum absolute atomic E-state index is 12.0. The minimum atomic E-state index is -3.23. The number of nitrogens with zero attached hydrogens (tertiary/aromatic N) is 2. The van der Waals surface area contributed by atoms with E-state index in [0.717, 1.165) is 11.8 Å². The molecule has 0 bridgehead atoms. The van der Waals surface area contributed by atoms with E-state index in [9.17, 15) is 18.0 Å². The summed E-state index contributed by atoms with van der Waals surface area (Å²) >= 11 is 13.7. The molecule has 2 aliphatic rings. The molecule has 2 fully saturated rings. The number of ether oxygens (including phenoxy) is 1. The van der Waals surface area contributed by atoms with Gasteiger partial charge in [0.1, 0.15) is 13.2 Å². The molecule has 0 aromatic heterocycles. The van der Waals surface area contributed by atoms with E-state index in [1.807, 2.05) is 0 Å². The highest BCUT2D eigenvalue weighted by molar-refractivity contribution is 8.16. The Balaban J connectivity index is 1.92. The van der Waals surface area contributed by atoms with Gasteiger partial charge in [0.25, 0.3) is 5.91 Å². The van der Waals surface area contributed by atoms with Crippen molar-refractivity contribution in [3.8, 4) is 0 Å². The first kappa shape index (κ1) is 20.4. The van der Waals surface area contributed by atoms with Gasteiger partial charge in [0.15, 0.2) is 15.0 Å². The van der Waals surface area contributed by atoms with Gasteiger partial charge in [0.2, 0.25) is 0 Å². The van der Waals surface area contributed by atoms with E-state index >= 15 is 0 Å². The Morgan fingerprint density at radius 2 is 1.93 bits per heavy atom. The van der Waals surface area contributed by atoms with Crippen LogP contribution in [0.1, 0.15) is 0 Å². The number of carbonyl (C=O) groups excluding carboxylic acids is 1. The maximum atomic E-state index is 12.0. The lowest BCUT2D eigenvalue weighted by Crippen LogP contribution is -2.38. The number of thioether (sulfide) groups is 1. The van der Waals surface area contributed by atoms with Crippen LogP contribution in [0.15, 0.2) is 23.2 Å². The lowest BCUT2D eigenvalue weighted by atomic mass is 10.2. The SMILES string of the molecule is O=C(O)COCC(=O)N=C1S[C@H]2CS(=O)(=O)C[C@@H]2N1c1c(Cl)cccc1Cl. The number of aliphatic imine (C=N–C) groups is 1. The predicted octanol–water partition coefficient (Wildman–Crippen LogP) is 1.70. The van der Waals surface area contributed by atoms with Crippen LogP contribution in [0.2, 0.25) is 10.0 Å². The Bertz CT molecular complexity index is 901. The molecule has 1 aromatic rings. The number of carboxylic acids is 1. The average Bonchev–Trinajstić information content (AvgIpc) is 2.99. The van der Waals surface area contributed by atoms with Crippen LogP contribution in [0, 0.1) is 0 Å². The molecule has 2 heterocycles. The minimum absolute atomic E-state index is 0.0381. The number of carboxylic acid groups (broad SMARTS) is 1. The zero-order chi connectivity index (χ0) is 19.8. The van der Waals surface area contributed by atoms with Crippen LogP contribution in [-0.2, 0) is 24.2 Å². The zero-order valence-corrected chi connectivity index (χ0v) is 16.8. The van der Waals surface area contributed by atoms with Crippen molar-refractivity contribution in [1.82, 2.24) is 0 Å². The molecule has 0 radical (unpaired) electrons. The number of halogens is 2. The molecule has 2 saturated heterocycles. The van der Waals surface area contributed by atoms with Gasteiger partial charge in [-0.3, -0.25) is 4.79 Å². The molecule has 2 atom stereocenters. The molecule has 146 valence electrons. The summed E-state index contributed by atoms with van der Waals surface area (Å²) in [7, 11) is -3.23. The van der Waals surface area contributed by atoms with Crippen molar-refractivity contribution in [2.75, 3.05) is 29.6 Å². The Kier molecular flexibility index (Phi) is 6.02. The first-order valence-electron chi connectivity index (χ1n) is 7.69. The molecule has 3 rings (SSSR count). The number of anilines is 1.